The average Bonchev–Trinajstić information content (AvgIpc) is 2.20. The number of aromatic nitrogens is 2. The van der Waals surface area contributed by atoms with Crippen LogP contribution < -0.4 is 0 Å². The summed E-state index contributed by atoms with van der Waals surface area (Å²) in [5, 5.41) is 0.437. The van der Waals surface area contributed by atoms with Crippen LogP contribution in [0.3, 0.4) is 0 Å². The molecule has 86 valence electrons. The summed E-state index contributed by atoms with van der Waals surface area (Å²) in [6.45, 7) is 3.14. The number of aryl methyl sites for hydroxylation is 1. The molecule has 2 rings (SSSR count). The maximum absolute atomic E-state index is 11.6. The molecule has 0 aromatic carbocycles. The Balaban J connectivity index is 2.10. The highest BCUT2D eigenvalue weighted by Crippen LogP contribution is 2.14. The van der Waals surface area contributed by atoms with E-state index in [2.05, 4.69) is 9.97 Å². The number of piperidine rings is 1. The van der Waals surface area contributed by atoms with Crippen LogP contribution in [0.5, 0.6) is 0 Å². The first-order chi connectivity index (χ1) is 7.65. The quantitative estimate of drug-likeness (QED) is 0.741. The fourth-order valence-electron chi connectivity index (χ4n) is 1.86. The smallest absolute Gasteiger partial charge is 0.222 e. The van der Waals surface area contributed by atoms with Crippen molar-refractivity contribution in [1.82, 2.24) is 14.9 Å². The summed E-state index contributed by atoms with van der Waals surface area (Å²) in [6.07, 6.45) is 2.69. The molecule has 0 radical (unpaired) electrons. The number of carbonyl (C=O) groups is 1. The highest BCUT2D eigenvalue weighted by atomic mass is 35.5. The van der Waals surface area contributed by atoms with E-state index in [1.807, 2.05) is 6.92 Å². The van der Waals surface area contributed by atoms with Gasteiger partial charge in [-0.3, -0.25) is 4.79 Å². The van der Waals surface area contributed by atoms with Crippen LogP contribution in [0.25, 0.3) is 0 Å². The van der Waals surface area contributed by atoms with Crippen LogP contribution in [0.4, 0.5) is 0 Å². The summed E-state index contributed by atoms with van der Waals surface area (Å²) in [5.41, 5.74) is 0.833. The highest BCUT2D eigenvalue weighted by molar-refractivity contribution is 6.29. The van der Waals surface area contributed by atoms with Crippen molar-refractivity contribution in [3.63, 3.8) is 0 Å². The molecule has 0 aliphatic carbocycles. The molecule has 1 fully saturated rings. The van der Waals surface area contributed by atoms with Gasteiger partial charge in [-0.15, -0.1) is 0 Å². The van der Waals surface area contributed by atoms with Gasteiger partial charge in [-0.1, -0.05) is 11.6 Å². The Morgan fingerprint density at radius 3 is 2.94 bits per heavy atom. The molecule has 0 unspecified atom stereocenters. The predicted octanol–water partition coefficient (Wildman–Crippen LogP) is 1.95. The van der Waals surface area contributed by atoms with Gasteiger partial charge >= 0.3 is 0 Å². The zero-order valence-corrected chi connectivity index (χ0v) is 10.00. The van der Waals surface area contributed by atoms with Crippen molar-refractivity contribution in [2.75, 3.05) is 6.54 Å². The van der Waals surface area contributed by atoms with Crippen LogP contribution in [-0.4, -0.2) is 27.3 Å². The van der Waals surface area contributed by atoms with Gasteiger partial charge < -0.3 is 4.90 Å². The van der Waals surface area contributed by atoms with E-state index in [-0.39, 0.29) is 5.91 Å². The van der Waals surface area contributed by atoms with Crippen molar-refractivity contribution >= 4 is 17.5 Å². The minimum absolute atomic E-state index is 0.187. The zero-order valence-electron chi connectivity index (χ0n) is 9.24. The Hall–Kier alpha value is -1.16. The number of hydrogen-bond acceptors (Lipinski definition) is 3. The van der Waals surface area contributed by atoms with E-state index in [9.17, 15) is 4.79 Å². The summed E-state index contributed by atoms with van der Waals surface area (Å²) in [7, 11) is 0. The lowest BCUT2D eigenvalue weighted by molar-refractivity contribution is -0.134. The van der Waals surface area contributed by atoms with Crippen molar-refractivity contribution in [3.05, 3.63) is 22.7 Å². The average molecular weight is 240 g/mol. The largest absolute Gasteiger partial charge is 0.335 e. The molecule has 1 aliphatic heterocycles. The SMILES string of the molecule is Cc1cc(Cl)nc(CN2CCCCC2=O)n1. The van der Waals surface area contributed by atoms with Gasteiger partial charge in [-0.05, 0) is 25.8 Å². The number of halogens is 1. The summed E-state index contributed by atoms with van der Waals surface area (Å²) < 4.78 is 0. The summed E-state index contributed by atoms with van der Waals surface area (Å²) >= 11 is 5.85. The Morgan fingerprint density at radius 1 is 1.44 bits per heavy atom. The van der Waals surface area contributed by atoms with Gasteiger partial charge in [0.05, 0.1) is 6.54 Å². The number of amides is 1. The molecule has 1 aliphatic rings. The fourth-order valence-corrected chi connectivity index (χ4v) is 2.11. The second-order valence-electron chi connectivity index (χ2n) is 4.02. The van der Waals surface area contributed by atoms with Crippen LogP contribution >= 0.6 is 11.6 Å². The first-order valence-electron chi connectivity index (χ1n) is 5.43. The first kappa shape index (κ1) is 11.3. The molecule has 0 N–H and O–H groups in total. The standard InChI is InChI=1S/C11H14ClN3O/c1-8-6-9(12)14-10(13-8)7-15-5-3-2-4-11(15)16/h6H,2-5,7H2,1H3. The molecule has 1 saturated heterocycles. The topological polar surface area (TPSA) is 46.1 Å². The van der Waals surface area contributed by atoms with E-state index >= 15 is 0 Å². The van der Waals surface area contributed by atoms with Gasteiger partial charge in [0, 0.05) is 18.7 Å². The van der Waals surface area contributed by atoms with Crippen LogP contribution in [0.15, 0.2) is 6.07 Å². The maximum Gasteiger partial charge on any atom is 0.222 e. The monoisotopic (exact) mass is 239 g/mol. The Bertz CT molecular complexity index is 388. The molecule has 16 heavy (non-hydrogen) atoms. The summed E-state index contributed by atoms with van der Waals surface area (Å²) in [5.74, 6) is 0.813. The van der Waals surface area contributed by atoms with Crippen LogP contribution in [-0.2, 0) is 11.3 Å². The molecule has 0 bridgehead atoms. The molecule has 1 aromatic heterocycles. The molecule has 2 heterocycles. The lowest BCUT2D eigenvalue weighted by atomic mass is 10.1. The van der Waals surface area contributed by atoms with Crippen LogP contribution in [0.1, 0.15) is 30.8 Å². The molecular formula is C11H14ClN3O. The van der Waals surface area contributed by atoms with E-state index in [1.165, 1.54) is 0 Å². The number of rotatable bonds is 2. The normalized spacial score (nSPS) is 16.6. The second kappa shape index (κ2) is 4.78. The summed E-state index contributed by atoms with van der Waals surface area (Å²) in [4.78, 5) is 21.8. The van der Waals surface area contributed by atoms with Crippen LogP contribution in [0.2, 0.25) is 5.15 Å². The van der Waals surface area contributed by atoms with Gasteiger partial charge in [-0.2, -0.15) is 0 Å². The molecule has 0 atom stereocenters. The third-order valence-electron chi connectivity index (χ3n) is 2.62. The van der Waals surface area contributed by atoms with E-state index in [1.54, 1.807) is 11.0 Å². The van der Waals surface area contributed by atoms with Gasteiger partial charge in [0.25, 0.3) is 0 Å². The number of carbonyl (C=O) groups excluding carboxylic acids is 1. The maximum atomic E-state index is 11.6. The van der Waals surface area contributed by atoms with Gasteiger partial charge in [-0.25, -0.2) is 9.97 Å². The Labute approximate surface area is 99.6 Å². The minimum Gasteiger partial charge on any atom is -0.335 e. The van der Waals surface area contributed by atoms with Crippen molar-refractivity contribution in [1.29, 1.82) is 0 Å². The lowest BCUT2D eigenvalue weighted by Crippen LogP contribution is -2.35. The van der Waals surface area contributed by atoms with Gasteiger partial charge in [0.2, 0.25) is 5.91 Å². The molecule has 4 nitrogen and oxygen atoms in total. The van der Waals surface area contributed by atoms with Crippen molar-refractivity contribution < 1.29 is 4.79 Å². The molecule has 5 heteroatoms. The molecular weight excluding hydrogens is 226 g/mol. The number of hydrogen-bond donors (Lipinski definition) is 0. The third kappa shape index (κ3) is 2.70. The Morgan fingerprint density at radius 2 is 2.25 bits per heavy atom. The predicted molar refractivity (Wildman–Crippen MR) is 61.0 cm³/mol. The highest BCUT2D eigenvalue weighted by Gasteiger charge is 2.19. The Kier molecular flexibility index (Phi) is 3.39. The molecule has 0 spiro atoms. The van der Waals surface area contributed by atoms with E-state index in [4.69, 9.17) is 11.6 Å². The molecule has 0 saturated carbocycles. The number of likely N-dealkylation sites (tertiary alicyclic amines) is 1. The molecule has 1 aromatic rings. The van der Waals surface area contributed by atoms with E-state index in [0.29, 0.717) is 23.9 Å². The van der Waals surface area contributed by atoms with Crippen molar-refractivity contribution in [3.8, 4) is 0 Å². The minimum atomic E-state index is 0.187. The van der Waals surface area contributed by atoms with Gasteiger partial charge in [0.15, 0.2) is 0 Å². The van der Waals surface area contributed by atoms with Crippen molar-refractivity contribution in [2.45, 2.75) is 32.7 Å². The number of nitrogens with zero attached hydrogens (tertiary/aromatic N) is 3. The second-order valence-corrected chi connectivity index (χ2v) is 4.41. The fraction of sp³-hybridized carbons (Fsp3) is 0.545. The van der Waals surface area contributed by atoms with Gasteiger partial charge in [0.1, 0.15) is 11.0 Å². The first-order valence-corrected chi connectivity index (χ1v) is 5.81. The van der Waals surface area contributed by atoms with Crippen molar-refractivity contribution in [2.24, 2.45) is 0 Å². The zero-order chi connectivity index (χ0) is 11.5. The summed E-state index contributed by atoms with van der Waals surface area (Å²) in [6, 6.07) is 1.71. The van der Waals surface area contributed by atoms with Crippen LogP contribution in [0, 0.1) is 6.92 Å². The third-order valence-corrected chi connectivity index (χ3v) is 2.82. The lowest BCUT2D eigenvalue weighted by Gasteiger charge is -2.25. The van der Waals surface area contributed by atoms with E-state index in [0.717, 1.165) is 25.1 Å². The molecule has 1 amide bonds. The van der Waals surface area contributed by atoms with E-state index < -0.39 is 0 Å².